The number of aliphatic hydroxyl groups is 1. The summed E-state index contributed by atoms with van der Waals surface area (Å²) in [6.45, 7) is 0. The van der Waals surface area contributed by atoms with Gasteiger partial charge in [-0.25, -0.2) is 0 Å². The summed E-state index contributed by atoms with van der Waals surface area (Å²) in [6, 6.07) is 0. The van der Waals surface area contributed by atoms with Gasteiger partial charge < -0.3 is 10.5 Å². The van der Waals surface area contributed by atoms with E-state index in [1.807, 2.05) is 0 Å². The van der Waals surface area contributed by atoms with Gasteiger partial charge in [-0.2, -0.15) is 0 Å². The Morgan fingerprint density at radius 2 is 2.38 bits per heavy atom. The largest absolute Gasteiger partial charge is 0.779 e. The molecule has 0 aromatic carbocycles. The summed E-state index contributed by atoms with van der Waals surface area (Å²) >= 11 is 0. The van der Waals surface area contributed by atoms with Crippen LogP contribution in [0.5, 0.6) is 0 Å². The summed E-state index contributed by atoms with van der Waals surface area (Å²) < 4.78 is 0. The van der Waals surface area contributed by atoms with Crippen molar-refractivity contribution in [3.63, 3.8) is 0 Å². The van der Waals surface area contributed by atoms with Crippen molar-refractivity contribution in [3.05, 3.63) is 35.8 Å². The Morgan fingerprint density at radius 1 is 1.62 bits per heavy atom. The zero-order valence-corrected chi connectivity index (χ0v) is 4.20. The average Bonchev–Trinajstić information content (AvgIpc) is 1.64. The highest BCUT2D eigenvalue weighted by Gasteiger charge is 2.00. The Bertz CT molecular complexity index is 167. The fourth-order valence-corrected chi connectivity index (χ4v) is 0.493. The normalized spacial score (nSPS) is 17.5. The van der Waals surface area contributed by atoms with E-state index in [4.69, 9.17) is 10.5 Å². The van der Waals surface area contributed by atoms with Gasteiger partial charge in [-0.05, 0) is 5.71 Å². The van der Waals surface area contributed by atoms with E-state index in [-0.39, 0.29) is 11.5 Å². The van der Waals surface area contributed by atoms with Crippen LogP contribution in [0.25, 0.3) is 5.41 Å². The molecule has 0 radical (unpaired) electrons. The van der Waals surface area contributed by atoms with E-state index < -0.39 is 0 Å². The minimum Gasteiger partial charge on any atom is -0.779 e. The molecule has 1 aliphatic rings. The van der Waals surface area contributed by atoms with E-state index >= 15 is 0 Å². The van der Waals surface area contributed by atoms with E-state index in [1.54, 1.807) is 6.08 Å². The van der Waals surface area contributed by atoms with Crippen molar-refractivity contribution >= 4 is 5.71 Å². The van der Waals surface area contributed by atoms with E-state index in [0.717, 1.165) is 0 Å². The standard InChI is InChI=1S/C6H5NO/c7-5-2-1-3-6(8)4-5/h1-4,8H. The molecule has 0 amide bonds. The van der Waals surface area contributed by atoms with Gasteiger partial charge in [0.25, 0.3) is 0 Å². The van der Waals surface area contributed by atoms with Crippen LogP contribution >= 0.6 is 0 Å². The summed E-state index contributed by atoms with van der Waals surface area (Å²) in [5.74, 6) is 0.0880. The third-order valence-electron chi connectivity index (χ3n) is 0.830. The highest BCUT2D eigenvalue weighted by atomic mass is 16.3. The van der Waals surface area contributed by atoms with Crippen LogP contribution in [0.2, 0.25) is 0 Å². The molecule has 1 rings (SSSR count). The maximum atomic E-state index is 8.65. The van der Waals surface area contributed by atoms with Crippen molar-refractivity contribution in [1.82, 2.24) is 0 Å². The van der Waals surface area contributed by atoms with Gasteiger partial charge in [0.15, 0.2) is 0 Å². The topological polar surface area (TPSA) is 42.5 Å². The Morgan fingerprint density at radius 3 is 2.75 bits per heavy atom. The quantitative estimate of drug-likeness (QED) is 0.464. The number of hydrogen-bond donors (Lipinski definition) is 1. The highest BCUT2D eigenvalue weighted by molar-refractivity contribution is 6.06. The van der Waals surface area contributed by atoms with Crippen LogP contribution in [0.1, 0.15) is 0 Å². The predicted molar refractivity (Wildman–Crippen MR) is 32.5 cm³/mol. The molecule has 1 aliphatic carbocycles. The van der Waals surface area contributed by atoms with E-state index in [9.17, 15) is 0 Å². The number of rotatable bonds is 0. The fraction of sp³-hybridized carbons (Fsp3) is 0. The molecule has 0 aromatic rings. The summed E-state index contributed by atoms with van der Waals surface area (Å²) in [7, 11) is 0. The average molecular weight is 107 g/mol. The smallest absolute Gasteiger partial charge is 0.227 e. The molecule has 40 valence electrons. The lowest BCUT2D eigenvalue weighted by Gasteiger charge is -1.97. The maximum Gasteiger partial charge on any atom is 0.227 e. The first-order chi connectivity index (χ1) is 3.79. The van der Waals surface area contributed by atoms with Crippen LogP contribution in [-0.2, 0) is 0 Å². The molecule has 0 atom stereocenters. The molecule has 0 bridgehead atoms. The summed E-state index contributed by atoms with van der Waals surface area (Å²) in [5, 5.41) is 17.3. The first kappa shape index (κ1) is 4.97. The van der Waals surface area contributed by atoms with Gasteiger partial charge in [-0.15, -0.1) is 0 Å². The van der Waals surface area contributed by atoms with Crippen molar-refractivity contribution in [1.29, 1.82) is 0 Å². The van der Waals surface area contributed by atoms with Crippen molar-refractivity contribution in [2.24, 2.45) is 0 Å². The van der Waals surface area contributed by atoms with Gasteiger partial charge in [-0.1, -0.05) is 0 Å². The molecule has 0 aliphatic heterocycles. The second-order valence-corrected chi connectivity index (χ2v) is 1.52. The molecule has 1 N–H and O–H groups in total. The van der Waals surface area contributed by atoms with Crippen LogP contribution in [0.4, 0.5) is 0 Å². The Kier molecular flexibility index (Phi) is 1.08. The molecule has 0 unspecified atom stereocenters. The fourth-order valence-electron chi connectivity index (χ4n) is 0.493. The molecule has 0 aromatic heterocycles. The molecule has 0 heterocycles. The summed E-state index contributed by atoms with van der Waals surface area (Å²) in [5.41, 5.74) is 0.0880. The lowest BCUT2D eigenvalue weighted by atomic mass is 10.1. The molecule has 2 nitrogen and oxygen atoms in total. The molecule has 8 heavy (non-hydrogen) atoms. The van der Waals surface area contributed by atoms with Crippen LogP contribution in [0.3, 0.4) is 0 Å². The summed E-state index contributed by atoms with van der Waals surface area (Å²) in [4.78, 5) is 0. The van der Waals surface area contributed by atoms with Crippen molar-refractivity contribution < 1.29 is 5.11 Å². The first-order valence-corrected chi connectivity index (χ1v) is 2.27. The summed E-state index contributed by atoms with van der Waals surface area (Å²) in [6.07, 6.45) is 5.85. The molecule has 0 spiro atoms. The molecular weight excluding hydrogens is 102 g/mol. The van der Waals surface area contributed by atoms with Crippen LogP contribution in [0, 0.1) is 6.42 Å². The van der Waals surface area contributed by atoms with Gasteiger partial charge in [0, 0.05) is 6.42 Å². The number of nitrogens with zero attached hydrogens (tertiary/aromatic N) is 1. The number of aliphatic hydroxyl groups excluding tert-OH is 1. The lowest BCUT2D eigenvalue weighted by molar-refractivity contribution is 0.433. The molecular formula is C6H5NO. The predicted octanol–water partition coefficient (Wildman–Crippen LogP) is 1.21. The maximum absolute atomic E-state index is 8.65. The van der Waals surface area contributed by atoms with Gasteiger partial charge in [0.1, 0.15) is 0 Å². The lowest BCUT2D eigenvalue weighted by Crippen LogP contribution is -1.95. The molecule has 0 saturated carbocycles. The number of hydrogen-bond acceptors (Lipinski definition) is 1. The first-order valence-electron chi connectivity index (χ1n) is 2.27. The Hall–Kier alpha value is -1.18. The monoisotopic (exact) mass is 107 g/mol. The molecule has 0 fully saturated rings. The van der Waals surface area contributed by atoms with Crippen molar-refractivity contribution in [3.8, 4) is 0 Å². The Balaban J connectivity index is 2.77. The van der Waals surface area contributed by atoms with Gasteiger partial charge in [0.05, 0.1) is 18.2 Å². The van der Waals surface area contributed by atoms with Gasteiger partial charge >= 0.3 is 0 Å². The van der Waals surface area contributed by atoms with E-state index in [0.29, 0.717) is 0 Å². The van der Waals surface area contributed by atoms with Crippen LogP contribution in [0.15, 0.2) is 24.0 Å². The SMILES string of the molecule is [N-]=C1C=C(O)C=C[CH+]1. The number of allylic oxidation sites excluding steroid dienone is 3. The van der Waals surface area contributed by atoms with Gasteiger partial charge in [-0.3, -0.25) is 0 Å². The van der Waals surface area contributed by atoms with Crippen LogP contribution < -0.4 is 0 Å². The van der Waals surface area contributed by atoms with E-state index in [2.05, 4.69) is 0 Å². The Labute approximate surface area is 47.7 Å². The van der Waals surface area contributed by atoms with Gasteiger partial charge in [0.2, 0.25) is 5.76 Å². The third-order valence-corrected chi connectivity index (χ3v) is 0.830. The third kappa shape index (κ3) is 0.904. The second kappa shape index (κ2) is 1.74. The minimum absolute atomic E-state index is 0.0880. The van der Waals surface area contributed by atoms with E-state index in [1.165, 1.54) is 18.6 Å². The highest BCUT2D eigenvalue weighted by Crippen LogP contribution is 2.01. The van der Waals surface area contributed by atoms with Crippen molar-refractivity contribution in [2.75, 3.05) is 0 Å². The zero-order valence-electron chi connectivity index (χ0n) is 4.20. The second-order valence-electron chi connectivity index (χ2n) is 1.52. The molecule has 2 heteroatoms. The van der Waals surface area contributed by atoms with Crippen molar-refractivity contribution in [2.45, 2.75) is 0 Å². The molecule has 0 saturated heterocycles. The minimum atomic E-state index is 0.0880. The zero-order chi connectivity index (χ0) is 5.98. The van der Waals surface area contributed by atoms with Crippen LogP contribution in [-0.4, -0.2) is 10.8 Å².